The molecule has 0 aliphatic heterocycles. The van der Waals surface area contributed by atoms with Crippen molar-refractivity contribution in [2.45, 2.75) is 31.2 Å². The van der Waals surface area contributed by atoms with Crippen LogP contribution in [0.25, 0.3) is 11.3 Å². The standard InChI is InChI=1S/C27H31F3N4O6/c1-25(2,31)18-13-19(16-7-8-32-23(12-16)39-4)34-22(14-18)26(37,27(28,29)30)15-33-24(36)17-5-6-20(40-10-9-35)21(11-17)38-3/h5-8,11-14,35,37H,9-10,15,31H2,1-4H3,(H,33,36). The number of carbonyl (C=O) groups is 1. The predicted molar refractivity (Wildman–Crippen MR) is 139 cm³/mol. The number of pyridine rings is 2. The zero-order valence-electron chi connectivity index (χ0n) is 22.4. The molecule has 1 amide bonds. The molecule has 1 aromatic carbocycles. The molecule has 0 aliphatic rings. The molecular weight excluding hydrogens is 533 g/mol. The van der Waals surface area contributed by atoms with Gasteiger partial charge in [-0.25, -0.2) is 9.97 Å². The number of benzene rings is 1. The van der Waals surface area contributed by atoms with Gasteiger partial charge in [0.1, 0.15) is 6.61 Å². The number of alkyl halides is 3. The van der Waals surface area contributed by atoms with Gasteiger partial charge in [-0.1, -0.05) is 0 Å². The maximum atomic E-state index is 14.5. The summed E-state index contributed by atoms with van der Waals surface area (Å²) in [7, 11) is 2.71. The highest BCUT2D eigenvalue weighted by molar-refractivity contribution is 5.95. The number of ether oxygens (including phenoxy) is 3. The number of nitrogens with one attached hydrogen (secondary N) is 1. The lowest BCUT2D eigenvalue weighted by molar-refractivity contribution is -0.265. The molecule has 0 saturated heterocycles. The second kappa shape index (κ2) is 12.1. The van der Waals surface area contributed by atoms with Crippen molar-refractivity contribution >= 4 is 5.91 Å². The highest BCUT2D eigenvalue weighted by atomic mass is 19.4. The third-order valence-electron chi connectivity index (χ3n) is 5.98. The van der Waals surface area contributed by atoms with Crippen LogP contribution in [-0.4, -0.2) is 66.2 Å². The summed E-state index contributed by atoms with van der Waals surface area (Å²) in [6, 6.07) is 9.54. The van der Waals surface area contributed by atoms with E-state index in [0.29, 0.717) is 5.56 Å². The molecule has 13 heteroatoms. The molecule has 0 fully saturated rings. The van der Waals surface area contributed by atoms with Crippen LogP contribution in [0.4, 0.5) is 13.2 Å². The summed E-state index contributed by atoms with van der Waals surface area (Å²) in [5.41, 5.74) is 1.46. The third-order valence-corrected chi connectivity index (χ3v) is 5.98. The van der Waals surface area contributed by atoms with Gasteiger partial charge >= 0.3 is 6.18 Å². The van der Waals surface area contributed by atoms with Crippen molar-refractivity contribution in [1.82, 2.24) is 15.3 Å². The van der Waals surface area contributed by atoms with Crippen LogP contribution >= 0.6 is 0 Å². The van der Waals surface area contributed by atoms with Crippen LogP contribution in [0.1, 0.15) is 35.5 Å². The summed E-state index contributed by atoms with van der Waals surface area (Å²) in [6.07, 6.45) is -3.84. The molecule has 5 N–H and O–H groups in total. The predicted octanol–water partition coefficient (Wildman–Crippen LogP) is 2.91. The fourth-order valence-corrected chi connectivity index (χ4v) is 3.67. The van der Waals surface area contributed by atoms with Crippen molar-refractivity contribution in [3.8, 4) is 28.6 Å². The van der Waals surface area contributed by atoms with Crippen molar-refractivity contribution in [1.29, 1.82) is 0 Å². The molecule has 0 spiro atoms. The van der Waals surface area contributed by atoms with Crippen molar-refractivity contribution < 1.29 is 42.4 Å². The molecule has 2 heterocycles. The lowest BCUT2D eigenvalue weighted by Gasteiger charge is -2.32. The first kappa shape index (κ1) is 30.6. The summed E-state index contributed by atoms with van der Waals surface area (Å²) in [5.74, 6) is -0.348. The Bertz CT molecular complexity index is 1350. The molecular formula is C27H31F3N4O6. The number of rotatable bonds is 11. The van der Waals surface area contributed by atoms with Crippen LogP contribution in [0.2, 0.25) is 0 Å². The Labute approximate surface area is 228 Å². The van der Waals surface area contributed by atoms with E-state index >= 15 is 0 Å². The maximum absolute atomic E-state index is 14.5. The molecule has 0 saturated carbocycles. The number of aliphatic hydroxyl groups excluding tert-OH is 1. The Morgan fingerprint density at radius 2 is 1.77 bits per heavy atom. The molecule has 0 radical (unpaired) electrons. The van der Waals surface area contributed by atoms with Crippen LogP contribution < -0.4 is 25.3 Å². The van der Waals surface area contributed by atoms with E-state index < -0.39 is 35.5 Å². The van der Waals surface area contributed by atoms with Crippen molar-refractivity contribution in [3.05, 3.63) is 65.5 Å². The van der Waals surface area contributed by atoms with Crippen LogP contribution in [-0.2, 0) is 11.1 Å². The third kappa shape index (κ3) is 6.79. The van der Waals surface area contributed by atoms with Crippen LogP contribution in [0, 0.1) is 0 Å². The quantitative estimate of drug-likeness (QED) is 0.276. The average molecular weight is 565 g/mol. The Kier molecular flexibility index (Phi) is 9.23. The number of nitrogens with zero attached hydrogens (tertiary/aromatic N) is 2. The molecule has 3 aromatic rings. The second-order valence-electron chi connectivity index (χ2n) is 9.41. The topological polar surface area (TPSA) is 149 Å². The first-order valence-corrected chi connectivity index (χ1v) is 12.0. The van der Waals surface area contributed by atoms with E-state index in [4.69, 9.17) is 25.1 Å². The van der Waals surface area contributed by atoms with Crippen LogP contribution in [0.3, 0.4) is 0 Å². The molecule has 0 aliphatic carbocycles. The van der Waals surface area contributed by atoms with Gasteiger partial charge in [0.05, 0.1) is 38.8 Å². The first-order chi connectivity index (χ1) is 18.7. The number of halogens is 3. The molecule has 1 atom stereocenters. The molecule has 1 unspecified atom stereocenters. The zero-order chi connectivity index (χ0) is 29.7. The number of hydrogen-bond donors (Lipinski definition) is 4. The van der Waals surface area contributed by atoms with Crippen LogP contribution in [0.15, 0.2) is 48.7 Å². The van der Waals surface area contributed by atoms with Gasteiger partial charge in [0.15, 0.2) is 11.5 Å². The Hall–Kier alpha value is -3.94. The molecule has 3 rings (SSSR count). The number of amides is 1. The second-order valence-corrected chi connectivity index (χ2v) is 9.41. The van der Waals surface area contributed by atoms with Gasteiger partial charge in [-0.05, 0) is 55.8 Å². The van der Waals surface area contributed by atoms with Gasteiger partial charge in [-0.15, -0.1) is 0 Å². The van der Waals surface area contributed by atoms with Crippen LogP contribution in [0.5, 0.6) is 17.4 Å². The number of aromatic nitrogens is 2. The maximum Gasteiger partial charge on any atom is 0.424 e. The number of methoxy groups -OCH3 is 2. The van der Waals surface area contributed by atoms with E-state index in [1.165, 1.54) is 56.8 Å². The molecule has 10 nitrogen and oxygen atoms in total. The van der Waals surface area contributed by atoms with Gasteiger partial charge in [-0.2, -0.15) is 13.2 Å². The number of carbonyl (C=O) groups excluding carboxylic acids is 1. The minimum atomic E-state index is -5.24. The summed E-state index contributed by atoms with van der Waals surface area (Å²) in [6.45, 7) is 1.66. The van der Waals surface area contributed by atoms with Crippen molar-refractivity contribution in [2.75, 3.05) is 34.0 Å². The fourth-order valence-electron chi connectivity index (χ4n) is 3.67. The van der Waals surface area contributed by atoms with Gasteiger partial charge < -0.3 is 35.5 Å². The summed E-state index contributed by atoms with van der Waals surface area (Å²) >= 11 is 0. The summed E-state index contributed by atoms with van der Waals surface area (Å²) in [4.78, 5) is 21.0. The SMILES string of the molecule is COc1cc(-c2cc(C(C)(C)N)cc(C(O)(CNC(=O)c3ccc(OCCO)c(OC)c3)C(F)(F)F)n2)ccn1. The Morgan fingerprint density at radius 3 is 2.38 bits per heavy atom. The normalized spacial score (nSPS) is 13.3. The van der Waals surface area contributed by atoms with Gasteiger partial charge in [0.25, 0.3) is 5.91 Å². The molecule has 2 aromatic heterocycles. The monoisotopic (exact) mass is 564 g/mol. The van der Waals surface area contributed by atoms with E-state index in [1.807, 2.05) is 0 Å². The fraction of sp³-hybridized carbons (Fsp3) is 0.370. The summed E-state index contributed by atoms with van der Waals surface area (Å²) < 4.78 is 58.9. The van der Waals surface area contributed by atoms with Crippen molar-refractivity contribution in [3.63, 3.8) is 0 Å². The smallest absolute Gasteiger partial charge is 0.424 e. The average Bonchev–Trinajstić information content (AvgIpc) is 2.93. The highest BCUT2D eigenvalue weighted by Gasteiger charge is 2.56. The lowest BCUT2D eigenvalue weighted by atomic mass is 9.89. The molecule has 40 heavy (non-hydrogen) atoms. The van der Waals surface area contributed by atoms with E-state index in [2.05, 4.69) is 15.3 Å². The number of hydrogen-bond acceptors (Lipinski definition) is 9. The highest BCUT2D eigenvalue weighted by Crippen LogP contribution is 2.40. The lowest BCUT2D eigenvalue weighted by Crippen LogP contribution is -2.51. The zero-order valence-corrected chi connectivity index (χ0v) is 22.4. The Balaban J connectivity index is 2.02. The minimum Gasteiger partial charge on any atom is -0.493 e. The largest absolute Gasteiger partial charge is 0.493 e. The van der Waals surface area contributed by atoms with E-state index in [9.17, 15) is 23.1 Å². The number of nitrogens with two attached hydrogens (primary N) is 1. The van der Waals surface area contributed by atoms with E-state index in [-0.39, 0.29) is 47.4 Å². The van der Waals surface area contributed by atoms with Gasteiger partial charge in [-0.3, -0.25) is 4.79 Å². The first-order valence-electron chi connectivity index (χ1n) is 12.0. The van der Waals surface area contributed by atoms with E-state index in [0.717, 1.165) is 6.07 Å². The van der Waals surface area contributed by atoms with Crippen molar-refractivity contribution in [2.24, 2.45) is 5.73 Å². The molecule has 216 valence electrons. The minimum absolute atomic E-state index is 0.0273. The molecule has 0 bridgehead atoms. The Morgan fingerprint density at radius 1 is 1.05 bits per heavy atom. The number of aliphatic hydroxyl groups is 2. The van der Waals surface area contributed by atoms with E-state index in [1.54, 1.807) is 13.8 Å². The van der Waals surface area contributed by atoms with Gasteiger partial charge in [0, 0.05) is 28.9 Å². The summed E-state index contributed by atoms with van der Waals surface area (Å²) in [5, 5.41) is 22.2. The van der Waals surface area contributed by atoms with Gasteiger partial charge in [0.2, 0.25) is 11.5 Å².